The summed E-state index contributed by atoms with van der Waals surface area (Å²) in [5, 5.41) is 36.1. The van der Waals surface area contributed by atoms with Crippen molar-refractivity contribution in [1.29, 1.82) is 0 Å². The largest absolute Gasteiger partial charge is 0.494 e. The zero-order valence-electron chi connectivity index (χ0n) is 17.3. The van der Waals surface area contributed by atoms with E-state index in [0.29, 0.717) is 10.8 Å². The summed E-state index contributed by atoms with van der Waals surface area (Å²) in [5.74, 6) is -2.68. The van der Waals surface area contributed by atoms with Crippen molar-refractivity contribution in [2.45, 2.75) is 37.8 Å². The lowest BCUT2D eigenvalue weighted by Crippen LogP contribution is -2.50. The van der Waals surface area contributed by atoms with Crippen LogP contribution in [-0.4, -0.2) is 43.5 Å². The van der Waals surface area contributed by atoms with Crippen molar-refractivity contribution in [3.63, 3.8) is 0 Å². The third kappa shape index (κ3) is 3.71. The van der Waals surface area contributed by atoms with Gasteiger partial charge in [-0.15, -0.1) is 0 Å². The SMILES string of the molecule is CC1(C)Oc2cc(NC(=O)C(F)(F)F)c([N+](=O)[O-])cc2[C@H](n2cc3ccccc3c2O)C1O. The first kappa shape index (κ1) is 22.4. The standard InChI is InChI=1S/C21H18F3N3O6/c1-20(2)17(28)16(26-9-10-5-3-4-6-11(10)18(26)29)12-7-14(27(31)32)13(8-15(12)33-20)25-19(30)21(22,23)24/h3-9,16-17,28-29H,1-2H3,(H,25,30)/t16-,17?/m0/s1. The van der Waals surface area contributed by atoms with E-state index in [4.69, 9.17) is 4.74 Å². The van der Waals surface area contributed by atoms with E-state index >= 15 is 0 Å². The molecule has 12 heteroatoms. The molecule has 1 aliphatic heterocycles. The van der Waals surface area contributed by atoms with Gasteiger partial charge >= 0.3 is 12.1 Å². The van der Waals surface area contributed by atoms with E-state index in [0.717, 1.165) is 12.1 Å². The van der Waals surface area contributed by atoms with Crippen LogP contribution < -0.4 is 10.1 Å². The van der Waals surface area contributed by atoms with Crippen LogP contribution in [0.2, 0.25) is 0 Å². The number of nitrogens with zero attached hydrogens (tertiary/aromatic N) is 2. The van der Waals surface area contributed by atoms with Gasteiger partial charge < -0.3 is 24.8 Å². The van der Waals surface area contributed by atoms with Crippen molar-refractivity contribution in [1.82, 2.24) is 4.57 Å². The fraction of sp³-hybridized carbons (Fsp3) is 0.286. The normalized spacial score (nSPS) is 19.6. The average molecular weight is 465 g/mol. The second-order valence-electron chi connectivity index (χ2n) is 8.16. The highest BCUT2D eigenvalue weighted by Crippen LogP contribution is 2.48. The highest BCUT2D eigenvalue weighted by molar-refractivity contribution is 5.97. The van der Waals surface area contributed by atoms with E-state index in [1.807, 2.05) is 0 Å². The van der Waals surface area contributed by atoms with Crippen LogP contribution in [0.25, 0.3) is 10.8 Å². The molecular formula is C21H18F3N3O6. The van der Waals surface area contributed by atoms with Crippen LogP contribution >= 0.6 is 0 Å². The molecule has 3 aromatic rings. The minimum Gasteiger partial charge on any atom is -0.494 e. The number of carbonyl (C=O) groups excluding carboxylic acids is 1. The van der Waals surface area contributed by atoms with Gasteiger partial charge in [-0.1, -0.05) is 18.2 Å². The number of nitrogens with one attached hydrogen (secondary N) is 1. The van der Waals surface area contributed by atoms with Crippen molar-refractivity contribution < 1.29 is 37.8 Å². The van der Waals surface area contributed by atoms with E-state index in [9.17, 15) is 38.3 Å². The molecule has 0 saturated heterocycles. The first-order valence-electron chi connectivity index (χ1n) is 9.67. The lowest BCUT2D eigenvalue weighted by atomic mass is 9.86. The maximum absolute atomic E-state index is 12.7. The minimum absolute atomic E-state index is 0.0501. The second-order valence-corrected chi connectivity index (χ2v) is 8.16. The third-order valence-corrected chi connectivity index (χ3v) is 5.56. The maximum Gasteiger partial charge on any atom is 0.471 e. The van der Waals surface area contributed by atoms with Crippen molar-refractivity contribution in [2.75, 3.05) is 5.32 Å². The molecule has 33 heavy (non-hydrogen) atoms. The number of aromatic hydroxyl groups is 1. The van der Waals surface area contributed by atoms with E-state index < -0.39 is 46.1 Å². The molecule has 0 radical (unpaired) electrons. The molecule has 4 rings (SSSR count). The smallest absolute Gasteiger partial charge is 0.471 e. The van der Waals surface area contributed by atoms with Crippen LogP contribution in [0.4, 0.5) is 24.5 Å². The Morgan fingerprint density at radius 2 is 1.94 bits per heavy atom. The molecule has 0 fully saturated rings. The second kappa shape index (κ2) is 7.37. The number of aliphatic hydroxyl groups is 1. The first-order valence-corrected chi connectivity index (χ1v) is 9.67. The number of amides is 1. The van der Waals surface area contributed by atoms with Crippen molar-refractivity contribution >= 4 is 28.1 Å². The predicted molar refractivity (Wildman–Crippen MR) is 110 cm³/mol. The van der Waals surface area contributed by atoms with Gasteiger partial charge in [0.2, 0.25) is 0 Å². The Bertz CT molecular complexity index is 1280. The van der Waals surface area contributed by atoms with Crippen LogP contribution in [-0.2, 0) is 4.79 Å². The van der Waals surface area contributed by atoms with Crippen LogP contribution in [0.3, 0.4) is 0 Å². The molecule has 0 bridgehead atoms. The Morgan fingerprint density at radius 3 is 2.55 bits per heavy atom. The molecule has 0 aliphatic carbocycles. The first-order chi connectivity index (χ1) is 15.3. The molecule has 1 unspecified atom stereocenters. The Hall–Kier alpha value is -3.80. The van der Waals surface area contributed by atoms with Gasteiger partial charge in [0.05, 0.1) is 11.0 Å². The number of anilines is 1. The summed E-state index contributed by atoms with van der Waals surface area (Å²) in [4.78, 5) is 22.1. The molecule has 2 heterocycles. The van der Waals surface area contributed by atoms with E-state index in [-0.39, 0.29) is 17.2 Å². The molecule has 1 amide bonds. The number of carbonyl (C=O) groups is 1. The summed E-state index contributed by atoms with van der Waals surface area (Å²) in [5.41, 5.74) is -2.80. The van der Waals surface area contributed by atoms with E-state index in [1.54, 1.807) is 30.5 Å². The molecule has 0 spiro atoms. The molecule has 0 saturated carbocycles. The number of halogens is 3. The summed E-state index contributed by atoms with van der Waals surface area (Å²) in [6, 6.07) is 7.57. The Labute approximate surface area is 184 Å². The molecule has 2 aromatic carbocycles. The van der Waals surface area contributed by atoms with Gasteiger partial charge in [0.1, 0.15) is 23.1 Å². The molecule has 3 N–H and O–H groups in total. The number of nitro groups is 1. The Kier molecular flexibility index (Phi) is 5.00. The Balaban J connectivity index is 1.93. The minimum atomic E-state index is -5.26. The van der Waals surface area contributed by atoms with Crippen LogP contribution in [0, 0.1) is 10.1 Å². The number of nitro benzene ring substituents is 1. The van der Waals surface area contributed by atoms with Gasteiger partial charge in [-0.25, -0.2) is 0 Å². The monoisotopic (exact) mass is 465 g/mol. The van der Waals surface area contributed by atoms with Crippen molar-refractivity contribution in [3.8, 4) is 11.6 Å². The third-order valence-electron chi connectivity index (χ3n) is 5.56. The average Bonchev–Trinajstić information content (AvgIpc) is 3.04. The summed E-state index contributed by atoms with van der Waals surface area (Å²) in [6.07, 6.45) is -5.03. The lowest BCUT2D eigenvalue weighted by molar-refractivity contribution is -0.384. The van der Waals surface area contributed by atoms with Crippen LogP contribution in [0.1, 0.15) is 25.5 Å². The Morgan fingerprint density at radius 1 is 1.27 bits per heavy atom. The van der Waals surface area contributed by atoms with Crippen LogP contribution in [0.5, 0.6) is 11.6 Å². The van der Waals surface area contributed by atoms with E-state index in [2.05, 4.69) is 0 Å². The topological polar surface area (TPSA) is 127 Å². The van der Waals surface area contributed by atoms with Gasteiger partial charge in [-0.2, -0.15) is 13.2 Å². The number of fused-ring (bicyclic) bond motifs is 2. The fourth-order valence-corrected chi connectivity index (χ4v) is 3.92. The highest BCUT2D eigenvalue weighted by atomic mass is 19.4. The summed E-state index contributed by atoms with van der Waals surface area (Å²) in [7, 11) is 0. The number of aliphatic hydroxyl groups excluding tert-OH is 1. The van der Waals surface area contributed by atoms with Gasteiger partial charge in [0.25, 0.3) is 5.69 Å². The summed E-state index contributed by atoms with van der Waals surface area (Å²) in [6.45, 7) is 3.03. The number of hydrogen-bond acceptors (Lipinski definition) is 6. The fourth-order valence-electron chi connectivity index (χ4n) is 3.92. The number of alkyl halides is 3. The molecule has 1 aliphatic rings. The number of aromatic nitrogens is 1. The summed E-state index contributed by atoms with van der Waals surface area (Å²) < 4.78 is 45.3. The number of rotatable bonds is 3. The van der Waals surface area contributed by atoms with Crippen LogP contribution in [0.15, 0.2) is 42.6 Å². The molecular weight excluding hydrogens is 447 g/mol. The van der Waals surface area contributed by atoms with Crippen molar-refractivity contribution in [3.05, 3.63) is 58.3 Å². The number of hydrogen-bond donors (Lipinski definition) is 3. The zero-order chi connectivity index (χ0) is 24.3. The highest BCUT2D eigenvalue weighted by Gasteiger charge is 2.46. The lowest BCUT2D eigenvalue weighted by Gasteiger charge is -2.42. The van der Waals surface area contributed by atoms with Gasteiger partial charge in [-0.3, -0.25) is 14.9 Å². The van der Waals surface area contributed by atoms with Gasteiger partial charge in [-0.05, 0) is 19.9 Å². The summed E-state index contributed by atoms with van der Waals surface area (Å²) >= 11 is 0. The van der Waals surface area contributed by atoms with Crippen molar-refractivity contribution in [2.24, 2.45) is 0 Å². The molecule has 9 nitrogen and oxygen atoms in total. The quantitative estimate of drug-likeness (QED) is 0.398. The maximum atomic E-state index is 12.7. The van der Waals surface area contributed by atoms with E-state index in [1.165, 1.54) is 23.7 Å². The molecule has 2 atom stereocenters. The predicted octanol–water partition coefficient (Wildman–Crippen LogP) is 3.88. The van der Waals surface area contributed by atoms with Gasteiger partial charge in [0, 0.05) is 34.7 Å². The van der Waals surface area contributed by atoms with Gasteiger partial charge in [0.15, 0.2) is 5.88 Å². The zero-order valence-corrected chi connectivity index (χ0v) is 17.3. The molecule has 174 valence electrons. The number of benzene rings is 2. The number of ether oxygens (including phenoxy) is 1. The molecule has 1 aromatic heterocycles.